The topological polar surface area (TPSA) is 87.8 Å². The Labute approximate surface area is 181 Å². The highest BCUT2D eigenvalue weighted by atomic mass is 32.2. The van der Waals surface area contributed by atoms with Crippen molar-refractivity contribution >= 4 is 20.9 Å². The summed E-state index contributed by atoms with van der Waals surface area (Å²) in [7, 11) is -4.46. The van der Waals surface area contributed by atoms with E-state index in [1.807, 2.05) is 4.57 Å². The molecule has 0 radical (unpaired) electrons. The van der Waals surface area contributed by atoms with E-state index >= 15 is 0 Å². The van der Waals surface area contributed by atoms with Gasteiger partial charge in [0.05, 0.1) is 22.5 Å². The van der Waals surface area contributed by atoms with Crippen molar-refractivity contribution in [3.8, 4) is 17.5 Å². The molecule has 32 heavy (non-hydrogen) atoms. The Kier molecular flexibility index (Phi) is 5.46. The number of alkyl halides is 3. The predicted octanol–water partition coefficient (Wildman–Crippen LogP) is 4.35. The molecule has 11 heteroatoms. The lowest BCUT2D eigenvalue weighted by Crippen LogP contribution is -2.42. The maximum Gasteiger partial charge on any atom is 0.404 e. The Morgan fingerprint density at radius 1 is 1.28 bits per heavy atom. The quantitative estimate of drug-likeness (QED) is 0.547. The van der Waals surface area contributed by atoms with Gasteiger partial charge in [-0.3, -0.25) is 4.98 Å². The van der Waals surface area contributed by atoms with Gasteiger partial charge >= 0.3 is 6.18 Å². The van der Waals surface area contributed by atoms with E-state index in [2.05, 4.69) is 11.1 Å². The lowest BCUT2D eigenvalue weighted by Gasteiger charge is -2.17. The number of hydrogen-bond acceptors (Lipinski definition) is 4. The highest BCUT2D eigenvalue weighted by Gasteiger charge is 2.39. The molecule has 4 rings (SSSR count). The van der Waals surface area contributed by atoms with Crippen LogP contribution in [-0.2, 0) is 16.6 Å². The molecule has 0 aliphatic heterocycles. The molecule has 0 saturated heterocycles. The number of nitrogens with zero attached hydrogens (tertiary/aromatic N) is 3. The predicted molar refractivity (Wildman–Crippen MR) is 108 cm³/mol. The first-order valence-corrected chi connectivity index (χ1v) is 11.3. The zero-order chi connectivity index (χ0) is 23.3. The molecule has 1 N–H and O–H groups in total. The number of fused-ring (bicyclic) bond motifs is 1. The molecule has 1 aliphatic rings. The second-order valence-corrected chi connectivity index (χ2v) is 9.53. The number of sulfonamides is 1. The number of nitriles is 1. The second kappa shape index (κ2) is 7.86. The molecule has 0 amide bonds. The molecule has 2 aromatic heterocycles. The van der Waals surface area contributed by atoms with E-state index in [-0.39, 0.29) is 11.3 Å². The Morgan fingerprint density at radius 2 is 2.00 bits per heavy atom. The Morgan fingerprint density at radius 3 is 2.56 bits per heavy atom. The van der Waals surface area contributed by atoms with E-state index in [0.717, 1.165) is 25.1 Å². The van der Waals surface area contributed by atoms with Crippen molar-refractivity contribution in [2.75, 3.05) is 0 Å². The van der Waals surface area contributed by atoms with Gasteiger partial charge in [-0.2, -0.15) is 23.2 Å². The molecule has 1 saturated carbocycles. The summed E-state index contributed by atoms with van der Waals surface area (Å²) in [5, 5.41) is 10.2. The van der Waals surface area contributed by atoms with Crippen LogP contribution in [0.3, 0.4) is 0 Å². The van der Waals surface area contributed by atoms with Gasteiger partial charge in [-0.15, -0.1) is 0 Å². The summed E-state index contributed by atoms with van der Waals surface area (Å²) in [6.45, 7) is 1.29. The normalized spacial score (nSPS) is 15.6. The molecule has 0 bridgehead atoms. The Balaban J connectivity index is 1.77. The van der Waals surface area contributed by atoms with Crippen molar-refractivity contribution in [1.29, 1.82) is 5.26 Å². The standard InChI is InChI=1S/C21H18F4N4O2S/c1-12(21(23,24)25)28-32(30,31)15-5-6-18(27-10-15)20-17(9-26)16-8-14(22)4-7-19(16)29(20)11-13-2-3-13/h4-8,10,12-13,28H,2-3,11H2,1H3. The average molecular weight is 466 g/mol. The molecule has 3 aromatic rings. The summed E-state index contributed by atoms with van der Waals surface area (Å²) in [5.41, 5.74) is 1.54. The van der Waals surface area contributed by atoms with E-state index in [9.17, 15) is 31.2 Å². The van der Waals surface area contributed by atoms with Crippen LogP contribution in [0, 0.1) is 23.1 Å². The second-order valence-electron chi connectivity index (χ2n) is 7.81. The van der Waals surface area contributed by atoms with Crippen LogP contribution >= 0.6 is 0 Å². The molecule has 6 nitrogen and oxygen atoms in total. The summed E-state index contributed by atoms with van der Waals surface area (Å²) >= 11 is 0. The minimum Gasteiger partial charge on any atom is -0.338 e. The van der Waals surface area contributed by atoms with Gasteiger partial charge in [0.15, 0.2) is 0 Å². The molecule has 1 aliphatic carbocycles. The molecule has 0 spiro atoms. The van der Waals surface area contributed by atoms with Crippen LogP contribution in [0.1, 0.15) is 25.3 Å². The van der Waals surface area contributed by atoms with Crippen LogP contribution in [0.4, 0.5) is 17.6 Å². The Hall–Kier alpha value is -2.97. The third-order valence-electron chi connectivity index (χ3n) is 5.39. The molecule has 1 fully saturated rings. The molecular weight excluding hydrogens is 448 g/mol. The van der Waals surface area contributed by atoms with E-state index in [1.165, 1.54) is 18.2 Å². The van der Waals surface area contributed by atoms with Crippen LogP contribution in [0.5, 0.6) is 0 Å². The van der Waals surface area contributed by atoms with Gasteiger partial charge in [-0.05, 0) is 56.0 Å². The first-order chi connectivity index (χ1) is 15.0. The maximum absolute atomic E-state index is 13.9. The fourth-order valence-electron chi connectivity index (χ4n) is 3.50. The van der Waals surface area contributed by atoms with E-state index in [0.29, 0.717) is 36.0 Å². The largest absolute Gasteiger partial charge is 0.404 e. The minimum atomic E-state index is -4.73. The highest BCUT2D eigenvalue weighted by molar-refractivity contribution is 7.89. The molecule has 1 atom stereocenters. The van der Waals surface area contributed by atoms with E-state index in [1.54, 1.807) is 10.8 Å². The van der Waals surface area contributed by atoms with Gasteiger partial charge in [0.25, 0.3) is 0 Å². The summed E-state index contributed by atoms with van der Waals surface area (Å²) in [4.78, 5) is 3.70. The van der Waals surface area contributed by atoms with Crippen molar-refractivity contribution < 1.29 is 26.0 Å². The van der Waals surface area contributed by atoms with Crippen LogP contribution in [0.2, 0.25) is 0 Å². The lowest BCUT2D eigenvalue weighted by atomic mass is 10.1. The summed E-state index contributed by atoms with van der Waals surface area (Å²) < 4.78 is 80.2. The van der Waals surface area contributed by atoms with E-state index < -0.39 is 33.0 Å². The number of halogens is 4. The highest BCUT2D eigenvalue weighted by Crippen LogP contribution is 2.38. The van der Waals surface area contributed by atoms with Gasteiger partial charge in [-0.1, -0.05) is 0 Å². The smallest absolute Gasteiger partial charge is 0.338 e. The average Bonchev–Trinajstić information content (AvgIpc) is 3.48. The number of nitrogens with one attached hydrogen (secondary N) is 1. The van der Waals surface area contributed by atoms with Crippen molar-refractivity contribution in [1.82, 2.24) is 14.3 Å². The van der Waals surface area contributed by atoms with Crippen molar-refractivity contribution in [3.05, 3.63) is 47.9 Å². The summed E-state index contributed by atoms with van der Waals surface area (Å²) in [6, 6.07) is 6.43. The van der Waals surface area contributed by atoms with Crippen LogP contribution in [-0.4, -0.2) is 30.2 Å². The fraction of sp³-hybridized carbons (Fsp3) is 0.333. The first-order valence-electron chi connectivity index (χ1n) is 9.78. The zero-order valence-electron chi connectivity index (χ0n) is 16.8. The van der Waals surface area contributed by atoms with Crippen LogP contribution in [0.15, 0.2) is 41.4 Å². The number of benzene rings is 1. The monoisotopic (exact) mass is 466 g/mol. The third-order valence-corrected chi connectivity index (χ3v) is 6.91. The molecule has 1 unspecified atom stereocenters. The van der Waals surface area contributed by atoms with Crippen LogP contribution < -0.4 is 4.72 Å². The number of rotatable bonds is 6. The van der Waals surface area contributed by atoms with Crippen molar-refractivity contribution in [3.63, 3.8) is 0 Å². The molecule has 1 aromatic carbocycles. The Bertz CT molecular complexity index is 1320. The first kappa shape index (κ1) is 22.2. The summed E-state index contributed by atoms with van der Waals surface area (Å²) in [5.74, 6) is -0.0861. The zero-order valence-corrected chi connectivity index (χ0v) is 17.6. The number of aromatic nitrogens is 2. The lowest BCUT2D eigenvalue weighted by molar-refractivity contribution is -0.147. The van der Waals surface area contributed by atoms with Gasteiger partial charge < -0.3 is 4.57 Å². The fourth-order valence-corrected chi connectivity index (χ4v) is 4.68. The maximum atomic E-state index is 13.9. The number of pyridine rings is 1. The molecule has 2 heterocycles. The number of hydrogen-bond donors (Lipinski definition) is 1. The van der Waals surface area contributed by atoms with Crippen LogP contribution in [0.25, 0.3) is 22.3 Å². The van der Waals surface area contributed by atoms with Gasteiger partial charge in [-0.25, -0.2) is 12.8 Å². The van der Waals surface area contributed by atoms with Gasteiger partial charge in [0.1, 0.15) is 22.8 Å². The molecule has 168 valence electrons. The van der Waals surface area contributed by atoms with E-state index in [4.69, 9.17) is 0 Å². The van der Waals surface area contributed by atoms with Gasteiger partial charge in [0.2, 0.25) is 10.0 Å². The third kappa shape index (κ3) is 4.20. The summed E-state index contributed by atoms with van der Waals surface area (Å²) in [6.07, 6.45) is -1.74. The van der Waals surface area contributed by atoms with Gasteiger partial charge in [0, 0.05) is 18.1 Å². The van der Waals surface area contributed by atoms with Crippen molar-refractivity contribution in [2.45, 2.75) is 43.4 Å². The SMILES string of the molecule is CC(NS(=O)(=O)c1ccc(-c2c(C#N)c3cc(F)ccc3n2CC2CC2)nc1)C(F)(F)F. The van der Waals surface area contributed by atoms with Crippen molar-refractivity contribution in [2.24, 2.45) is 5.92 Å². The minimum absolute atomic E-state index is 0.201. The molecular formula is C21H18F4N4O2S.